The minimum Gasteiger partial charge on any atom is -0.466 e. The summed E-state index contributed by atoms with van der Waals surface area (Å²) in [5.41, 5.74) is 0. The molecule has 36 heavy (non-hydrogen) atoms. The number of hydrogen-bond acceptors (Lipinski definition) is 4. The van der Waals surface area contributed by atoms with Gasteiger partial charge in [0, 0.05) is 13.5 Å². The van der Waals surface area contributed by atoms with Crippen molar-refractivity contribution in [1.82, 2.24) is 4.90 Å². The molecular formula is C32H69NO3. The highest BCUT2D eigenvalue weighted by molar-refractivity contribution is 5.65. The fourth-order valence-electron chi connectivity index (χ4n) is 4.04. The van der Waals surface area contributed by atoms with E-state index in [2.05, 4.69) is 37.3 Å². The van der Waals surface area contributed by atoms with E-state index in [9.17, 15) is 4.79 Å². The van der Waals surface area contributed by atoms with Gasteiger partial charge in [0.15, 0.2) is 0 Å². The molecule has 0 fully saturated rings. The zero-order valence-electron chi connectivity index (χ0n) is 25.9. The van der Waals surface area contributed by atoms with Gasteiger partial charge in [-0.05, 0) is 52.2 Å². The van der Waals surface area contributed by atoms with E-state index in [1.54, 1.807) is 6.92 Å². The molecule has 0 aliphatic carbocycles. The van der Waals surface area contributed by atoms with Crippen LogP contribution >= 0.6 is 0 Å². The van der Waals surface area contributed by atoms with Gasteiger partial charge in [-0.25, -0.2) is 0 Å². The quantitative estimate of drug-likeness (QED) is 0.103. The average molecular weight is 516 g/mol. The monoisotopic (exact) mass is 516 g/mol. The van der Waals surface area contributed by atoms with Crippen LogP contribution in [0.25, 0.3) is 0 Å². The fraction of sp³-hybridized carbons (Fsp3) is 0.969. The third-order valence-corrected chi connectivity index (χ3v) is 6.34. The maximum absolute atomic E-state index is 9.82. The first-order valence-electron chi connectivity index (χ1n) is 16.0. The summed E-state index contributed by atoms with van der Waals surface area (Å²) in [6.07, 6.45) is 27.8. The molecule has 0 rings (SSSR count). The van der Waals surface area contributed by atoms with Crippen LogP contribution in [0.5, 0.6) is 0 Å². The van der Waals surface area contributed by atoms with Crippen molar-refractivity contribution in [2.45, 2.75) is 170 Å². The first kappa shape index (κ1) is 39.9. The third-order valence-electron chi connectivity index (χ3n) is 6.34. The molecule has 0 heterocycles. The van der Waals surface area contributed by atoms with Crippen LogP contribution in [0.3, 0.4) is 0 Å². The second kappa shape index (κ2) is 38.9. The van der Waals surface area contributed by atoms with Crippen LogP contribution < -0.4 is 0 Å². The van der Waals surface area contributed by atoms with Crippen molar-refractivity contribution >= 4 is 5.97 Å². The SMILES string of the molecule is CCCCCCCCN(CCCCCCCC)CCCCCCCC.CCCCO.CCOC(C)=O. The summed E-state index contributed by atoms with van der Waals surface area (Å²) in [7, 11) is 0. The number of ether oxygens (including phenoxy) is 1. The predicted molar refractivity (Wildman–Crippen MR) is 161 cm³/mol. The average Bonchev–Trinajstić information content (AvgIpc) is 2.86. The Bertz CT molecular complexity index is 336. The highest BCUT2D eigenvalue weighted by atomic mass is 16.5. The second-order valence-corrected chi connectivity index (χ2v) is 10.1. The Morgan fingerprint density at radius 3 is 1.03 bits per heavy atom. The van der Waals surface area contributed by atoms with Gasteiger partial charge in [0.25, 0.3) is 0 Å². The number of nitrogens with zero attached hydrogens (tertiary/aromatic N) is 1. The summed E-state index contributed by atoms with van der Waals surface area (Å²) in [5, 5.41) is 8.07. The zero-order valence-corrected chi connectivity index (χ0v) is 25.9. The van der Waals surface area contributed by atoms with Gasteiger partial charge in [-0.2, -0.15) is 0 Å². The number of unbranched alkanes of at least 4 members (excludes halogenated alkanes) is 16. The maximum Gasteiger partial charge on any atom is 0.302 e. The second-order valence-electron chi connectivity index (χ2n) is 10.1. The van der Waals surface area contributed by atoms with Gasteiger partial charge >= 0.3 is 5.97 Å². The molecule has 0 aromatic rings. The Morgan fingerprint density at radius 1 is 0.528 bits per heavy atom. The summed E-state index contributed by atoms with van der Waals surface area (Å²) >= 11 is 0. The lowest BCUT2D eigenvalue weighted by molar-refractivity contribution is -0.140. The van der Waals surface area contributed by atoms with E-state index in [0.29, 0.717) is 13.2 Å². The minimum absolute atomic E-state index is 0.211. The number of aliphatic hydroxyl groups excluding tert-OH is 1. The highest BCUT2D eigenvalue weighted by Gasteiger charge is 2.05. The standard InChI is InChI=1S/C24H51N.C4H8O2.C4H10O/c1-4-7-10-13-16-19-22-25(23-20-17-14-11-8-5-2)24-21-18-15-12-9-6-3;1-3-6-4(2)5;1-2-3-4-5/h4-24H2,1-3H3;3H2,1-2H3;5H,2-4H2,1H3. The fourth-order valence-corrected chi connectivity index (χ4v) is 4.04. The molecule has 1 N–H and O–H groups in total. The number of hydrogen-bond donors (Lipinski definition) is 1. The predicted octanol–water partition coefficient (Wildman–Crippen LogP) is 9.72. The molecule has 0 atom stereocenters. The van der Waals surface area contributed by atoms with Crippen molar-refractivity contribution < 1.29 is 14.6 Å². The van der Waals surface area contributed by atoms with Crippen LogP contribution in [0.2, 0.25) is 0 Å². The molecule has 0 radical (unpaired) electrons. The summed E-state index contributed by atoms with van der Waals surface area (Å²) in [6.45, 7) is 17.0. The van der Waals surface area contributed by atoms with Crippen LogP contribution in [0, 0.1) is 0 Å². The molecule has 0 amide bonds. The number of esters is 1. The zero-order chi connectivity index (χ0) is 27.5. The van der Waals surface area contributed by atoms with E-state index >= 15 is 0 Å². The van der Waals surface area contributed by atoms with Gasteiger partial charge in [-0.15, -0.1) is 0 Å². The van der Waals surface area contributed by atoms with Gasteiger partial charge in [0.1, 0.15) is 0 Å². The van der Waals surface area contributed by atoms with Crippen LogP contribution in [0.4, 0.5) is 0 Å². The van der Waals surface area contributed by atoms with E-state index in [4.69, 9.17) is 5.11 Å². The number of aliphatic hydroxyl groups is 1. The summed E-state index contributed by atoms with van der Waals surface area (Å²) in [5.74, 6) is -0.211. The molecular weight excluding hydrogens is 446 g/mol. The lowest BCUT2D eigenvalue weighted by atomic mass is 10.1. The first-order valence-corrected chi connectivity index (χ1v) is 16.0. The molecule has 0 saturated carbocycles. The maximum atomic E-state index is 9.82. The van der Waals surface area contributed by atoms with Crippen molar-refractivity contribution in [2.75, 3.05) is 32.8 Å². The van der Waals surface area contributed by atoms with E-state index in [0.717, 1.165) is 12.8 Å². The lowest BCUT2D eigenvalue weighted by Gasteiger charge is -2.22. The van der Waals surface area contributed by atoms with Gasteiger partial charge in [-0.1, -0.05) is 130 Å². The third kappa shape index (κ3) is 43.5. The molecule has 0 bridgehead atoms. The summed E-state index contributed by atoms with van der Waals surface area (Å²) in [6, 6.07) is 0. The van der Waals surface area contributed by atoms with Crippen LogP contribution in [0.1, 0.15) is 170 Å². The van der Waals surface area contributed by atoms with Gasteiger partial charge in [0.05, 0.1) is 6.61 Å². The number of carbonyl (C=O) groups is 1. The van der Waals surface area contributed by atoms with E-state index in [-0.39, 0.29) is 5.97 Å². The highest BCUT2D eigenvalue weighted by Crippen LogP contribution is 2.11. The van der Waals surface area contributed by atoms with Gasteiger partial charge < -0.3 is 14.7 Å². The minimum atomic E-state index is -0.211. The van der Waals surface area contributed by atoms with Crippen molar-refractivity contribution in [2.24, 2.45) is 0 Å². The van der Waals surface area contributed by atoms with Crippen LogP contribution in [0.15, 0.2) is 0 Å². The summed E-state index contributed by atoms with van der Waals surface area (Å²) < 4.78 is 4.40. The van der Waals surface area contributed by atoms with Crippen molar-refractivity contribution in [3.63, 3.8) is 0 Å². The molecule has 0 aliphatic heterocycles. The molecule has 0 aromatic carbocycles. The topological polar surface area (TPSA) is 49.8 Å². The van der Waals surface area contributed by atoms with Crippen LogP contribution in [-0.4, -0.2) is 48.8 Å². The molecule has 4 nitrogen and oxygen atoms in total. The van der Waals surface area contributed by atoms with Crippen molar-refractivity contribution in [1.29, 1.82) is 0 Å². The Morgan fingerprint density at radius 2 is 0.833 bits per heavy atom. The largest absolute Gasteiger partial charge is 0.466 e. The van der Waals surface area contributed by atoms with Crippen molar-refractivity contribution in [3.05, 3.63) is 0 Å². The normalized spacial score (nSPS) is 10.4. The number of carbonyl (C=O) groups excluding carboxylic acids is 1. The smallest absolute Gasteiger partial charge is 0.302 e. The Kier molecular flexibility index (Phi) is 43.1. The molecule has 0 unspecified atom stereocenters. The lowest BCUT2D eigenvalue weighted by Crippen LogP contribution is -2.27. The molecule has 0 spiro atoms. The number of rotatable bonds is 24. The van der Waals surface area contributed by atoms with Gasteiger partial charge in [-0.3, -0.25) is 4.79 Å². The Labute approximate surface area is 228 Å². The van der Waals surface area contributed by atoms with Crippen molar-refractivity contribution in [3.8, 4) is 0 Å². The first-order chi connectivity index (χ1) is 17.5. The van der Waals surface area contributed by atoms with Gasteiger partial charge in [0.2, 0.25) is 0 Å². The molecule has 4 heteroatoms. The van der Waals surface area contributed by atoms with E-state index < -0.39 is 0 Å². The molecule has 0 saturated heterocycles. The Balaban J connectivity index is -0.000000818. The molecule has 0 aromatic heterocycles. The van der Waals surface area contributed by atoms with E-state index in [1.807, 2.05) is 0 Å². The molecule has 0 aliphatic rings. The van der Waals surface area contributed by atoms with Crippen LogP contribution in [-0.2, 0) is 9.53 Å². The molecule has 220 valence electrons. The summed E-state index contributed by atoms with van der Waals surface area (Å²) in [4.78, 5) is 12.6. The Hall–Kier alpha value is -0.610. The van der Waals surface area contributed by atoms with E-state index in [1.165, 1.54) is 142 Å².